The van der Waals surface area contributed by atoms with Gasteiger partial charge in [0.1, 0.15) is 0 Å². The molecule has 106 valence electrons. The average molecular weight is 252 g/mol. The van der Waals surface area contributed by atoms with Crippen molar-refractivity contribution in [1.82, 2.24) is 4.90 Å². The van der Waals surface area contributed by atoms with Gasteiger partial charge in [-0.3, -0.25) is 4.90 Å². The molecular formula is C16H32N2. The number of nitrogens with zero attached hydrogens (tertiary/aromatic N) is 1. The van der Waals surface area contributed by atoms with Crippen LogP contribution in [-0.2, 0) is 0 Å². The van der Waals surface area contributed by atoms with E-state index in [0.717, 1.165) is 12.0 Å². The predicted octanol–water partition coefficient (Wildman–Crippen LogP) is 3.40. The highest BCUT2D eigenvalue weighted by atomic mass is 15.2. The zero-order valence-electron chi connectivity index (χ0n) is 12.8. The largest absolute Gasteiger partial charge is 0.326 e. The fraction of sp³-hybridized carbons (Fsp3) is 1.00. The minimum absolute atomic E-state index is 0.391. The van der Waals surface area contributed by atoms with Crippen LogP contribution in [0.1, 0.15) is 65.7 Å². The topological polar surface area (TPSA) is 29.3 Å². The van der Waals surface area contributed by atoms with Crippen LogP contribution in [0.2, 0.25) is 0 Å². The van der Waals surface area contributed by atoms with Gasteiger partial charge in [0, 0.05) is 18.1 Å². The van der Waals surface area contributed by atoms with Crippen LogP contribution in [0.5, 0.6) is 0 Å². The maximum atomic E-state index is 6.39. The lowest BCUT2D eigenvalue weighted by atomic mass is 9.72. The predicted molar refractivity (Wildman–Crippen MR) is 78.6 cm³/mol. The average Bonchev–Trinajstić information content (AvgIpc) is 2.32. The molecule has 2 aliphatic carbocycles. The molecular weight excluding hydrogens is 220 g/mol. The van der Waals surface area contributed by atoms with Crippen LogP contribution >= 0.6 is 0 Å². The Kier molecular flexibility index (Phi) is 4.38. The molecule has 0 aromatic rings. The molecule has 2 fully saturated rings. The Labute approximate surface area is 113 Å². The normalized spacial score (nSPS) is 41.0. The van der Waals surface area contributed by atoms with Crippen molar-refractivity contribution in [2.45, 2.75) is 83.8 Å². The van der Waals surface area contributed by atoms with Crippen LogP contribution in [0.15, 0.2) is 0 Å². The lowest BCUT2D eigenvalue weighted by Gasteiger charge is -2.47. The molecule has 0 bridgehead atoms. The minimum atomic E-state index is 0.391. The van der Waals surface area contributed by atoms with E-state index in [2.05, 4.69) is 32.7 Å². The third-order valence-electron chi connectivity index (χ3n) is 5.49. The Morgan fingerprint density at radius 3 is 2.28 bits per heavy atom. The quantitative estimate of drug-likeness (QED) is 0.816. The molecule has 2 aliphatic rings. The zero-order chi connectivity index (χ0) is 13.3. The summed E-state index contributed by atoms with van der Waals surface area (Å²) < 4.78 is 0. The smallest absolute Gasteiger partial charge is 0.0252 e. The van der Waals surface area contributed by atoms with Gasteiger partial charge in [0.2, 0.25) is 0 Å². The molecule has 2 saturated carbocycles. The summed E-state index contributed by atoms with van der Waals surface area (Å²) in [4.78, 5) is 2.64. The molecule has 2 heteroatoms. The van der Waals surface area contributed by atoms with Gasteiger partial charge in [-0.25, -0.2) is 0 Å². The second kappa shape index (κ2) is 5.50. The molecule has 0 amide bonds. The highest BCUT2D eigenvalue weighted by Crippen LogP contribution is 2.38. The van der Waals surface area contributed by atoms with Gasteiger partial charge in [0.15, 0.2) is 0 Å². The summed E-state index contributed by atoms with van der Waals surface area (Å²) in [5.74, 6) is 0.936. The molecule has 2 rings (SSSR count). The van der Waals surface area contributed by atoms with Crippen molar-refractivity contribution >= 4 is 0 Å². The lowest BCUT2D eigenvalue weighted by Crippen LogP contribution is -2.55. The second-order valence-electron chi connectivity index (χ2n) is 7.72. The summed E-state index contributed by atoms with van der Waals surface area (Å²) in [5, 5.41) is 0. The van der Waals surface area contributed by atoms with Gasteiger partial charge >= 0.3 is 0 Å². The molecule has 2 N–H and O–H groups in total. The Balaban J connectivity index is 1.96. The maximum absolute atomic E-state index is 6.39. The summed E-state index contributed by atoms with van der Waals surface area (Å²) in [7, 11) is 2.33. The van der Waals surface area contributed by atoms with Crippen molar-refractivity contribution in [2.24, 2.45) is 17.1 Å². The molecule has 2 nitrogen and oxygen atoms in total. The fourth-order valence-corrected chi connectivity index (χ4v) is 3.94. The lowest BCUT2D eigenvalue weighted by molar-refractivity contribution is 0.0487. The monoisotopic (exact) mass is 252 g/mol. The van der Waals surface area contributed by atoms with Gasteiger partial charge in [-0.05, 0) is 63.3 Å². The third-order valence-corrected chi connectivity index (χ3v) is 5.49. The summed E-state index contributed by atoms with van der Waals surface area (Å²) in [5.41, 5.74) is 6.88. The van der Waals surface area contributed by atoms with E-state index in [4.69, 9.17) is 5.73 Å². The van der Waals surface area contributed by atoms with Crippen LogP contribution in [0.4, 0.5) is 0 Å². The number of nitrogens with two attached hydrogens (primary N) is 1. The summed E-state index contributed by atoms with van der Waals surface area (Å²) in [6.07, 6.45) is 9.32. The number of likely N-dealkylation sites (N-methyl/N-ethyl adjacent to an activating group) is 1. The first-order chi connectivity index (χ1) is 8.39. The first kappa shape index (κ1) is 14.3. The minimum Gasteiger partial charge on any atom is -0.326 e. The number of hydrogen-bond acceptors (Lipinski definition) is 2. The van der Waals surface area contributed by atoms with Crippen molar-refractivity contribution in [3.05, 3.63) is 0 Å². The van der Waals surface area contributed by atoms with Crippen LogP contribution in [0, 0.1) is 11.3 Å². The summed E-state index contributed by atoms with van der Waals surface area (Å²) >= 11 is 0. The van der Waals surface area contributed by atoms with E-state index in [1.165, 1.54) is 44.9 Å². The molecule has 0 aliphatic heterocycles. The van der Waals surface area contributed by atoms with Gasteiger partial charge in [-0.1, -0.05) is 20.8 Å². The first-order valence-corrected chi connectivity index (χ1v) is 7.86. The number of hydrogen-bond donors (Lipinski definition) is 1. The highest BCUT2D eigenvalue weighted by molar-refractivity contribution is 4.94. The SMILES string of the molecule is CC1CCC(N(C)C2CC(C)(C)CCC2N)CC1. The van der Waals surface area contributed by atoms with Crippen LogP contribution in [-0.4, -0.2) is 30.1 Å². The highest BCUT2D eigenvalue weighted by Gasteiger charge is 2.37. The van der Waals surface area contributed by atoms with E-state index in [0.29, 0.717) is 17.5 Å². The van der Waals surface area contributed by atoms with Gasteiger partial charge in [-0.2, -0.15) is 0 Å². The molecule has 18 heavy (non-hydrogen) atoms. The zero-order valence-corrected chi connectivity index (χ0v) is 12.8. The molecule has 0 aromatic carbocycles. The van der Waals surface area contributed by atoms with E-state index >= 15 is 0 Å². The Morgan fingerprint density at radius 2 is 1.67 bits per heavy atom. The van der Waals surface area contributed by atoms with Crippen molar-refractivity contribution in [3.63, 3.8) is 0 Å². The van der Waals surface area contributed by atoms with Gasteiger partial charge in [-0.15, -0.1) is 0 Å². The van der Waals surface area contributed by atoms with Crippen molar-refractivity contribution in [1.29, 1.82) is 0 Å². The van der Waals surface area contributed by atoms with E-state index in [9.17, 15) is 0 Å². The molecule has 0 aromatic heterocycles. The Hall–Kier alpha value is -0.0800. The standard InChI is InChI=1S/C16H32N2/c1-12-5-7-13(8-6-12)18(4)15-11-16(2,3)10-9-14(15)17/h12-15H,5-11,17H2,1-4H3. The van der Waals surface area contributed by atoms with E-state index < -0.39 is 0 Å². The van der Waals surface area contributed by atoms with Crippen molar-refractivity contribution in [3.8, 4) is 0 Å². The van der Waals surface area contributed by atoms with Crippen molar-refractivity contribution in [2.75, 3.05) is 7.05 Å². The summed E-state index contributed by atoms with van der Waals surface area (Å²) in [6, 6.07) is 1.78. The molecule has 0 radical (unpaired) electrons. The Bertz CT molecular complexity index is 266. The second-order valence-corrected chi connectivity index (χ2v) is 7.72. The molecule has 0 spiro atoms. The van der Waals surface area contributed by atoms with E-state index in [-0.39, 0.29) is 0 Å². The van der Waals surface area contributed by atoms with Crippen LogP contribution in [0.25, 0.3) is 0 Å². The molecule has 0 heterocycles. The number of rotatable bonds is 2. The van der Waals surface area contributed by atoms with Gasteiger partial charge < -0.3 is 5.73 Å². The molecule has 2 atom stereocenters. The van der Waals surface area contributed by atoms with E-state index in [1.807, 2.05) is 0 Å². The fourth-order valence-electron chi connectivity index (χ4n) is 3.94. The van der Waals surface area contributed by atoms with Crippen molar-refractivity contribution < 1.29 is 0 Å². The molecule has 2 unspecified atom stereocenters. The Morgan fingerprint density at radius 1 is 1.06 bits per heavy atom. The maximum Gasteiger partial charge on any atom is 0.0252 e. The third kappa shape index (κ3) is 3.27. The van der Waals surface area contributed by atoms with Crippen LogP contribution < -0.4 is 5.73 Å². The van der Waals surface area contributed by atoms with Crippen LogP contribution in [0.3, 0.4) is 0 Å². The van der Waals surface area contributed by atoms with Gasteiger partial charge in [0.05, 0.1) is 0 Å². The first-order valence-electron chi connectivity index (χ1n) is 7.86. The summed E-state index contributed by atoms with van der Waals surface area (Å²) in [6.45, 7) is 7.21. The van der Waals surface area contributed by atoms with E-state index in [1.54, 1.807) is 0 Å². The van der Waals surface area contributed by atoms with Gasteiger partial charge in [0.25, 0.3) is 0 Å². The molecule has 0 saturated heterocycles.